The molecule has 1 unspecified atom stereocenters. The van der Waals surface area contributed by atoms with E-state index in [1.54, 1.807) is 0 Å². The van der Waals surface area contributed by atoms with E-state index in [4.69, 9.17) is 5.11 Å². The molecule has 5 heteroatoms. The quantitative estimate of drug-likeness (QED) is 0.819. The number of hydrogen-bond donors (Lipinski definition) is 2. The van der Waals surface area contributed by atoms with Crippen molar-refractivity contribution in [1.82, 2.24) is 10.2 Å². The van der Waals surface area contributed by atoms with Crippen LogP contribution < -0.4 is 5.32 Å². The van der Waals surface area contributed by atoms with Crippen molar-refractivity contribution in [2.24, 2.45) is 11.3 Å². The summed E-state index contributed by atoms with van der Waals surface area (Å²) < 4.78 is 0. The van der Waals surface area contributed by atoms with Gasteiger partial charge in [-0.3, -0.25) is 4.79 Å². The van der Waals surface area contributed by atoms with Gasteiger partial charge in [-0.25, -0.2) is 4.79 Å². The van der Waals surface area contributed by atoms with Gasteiger partial charge in [0.15, 0.2) is 0 Å². The molecule has 1 aliphatic heterocycles. The van der Waals surface area contributed by atoms with Crippen LogP contribution in [0.5, 0.6) is 0 Å². The second-order valence-corrected chi connectivity index (χ2v) is 6.78. The van der Waals surface area contributed by atoms with Crippen LogP contribution in [0, 0.1) is 11.3 Å². The van der Waals surface area contributed by atoms with E-state index >= 15 is 0 Å². The highest BCUT2D eigenvalue weighted by molar-refractivity contribution is 5.74. The number of nitrogens with zero attached hydrogens (tertiary/aromatic N) is 1. The zero-order valence-corrected chi connectivity index (χ0v) is 13.1. The first kappa shape index (κ1) is 16.1. The lowest BCUT2D eigenvalue weighted by molar-refractivity contribution is -0.141. The topological polar surface area (TPSA) is 69.6 Å². The van der Waals surface area contributed by atoms with Crippen molar-refractivity contribution in [3.05, 3.63) is 0 Å². The second-order valence-electron chi connectivity index (χ2n) is 6.78. The predicted octanol–water partition coefficient (Wildman–Crippen LogP) is 2.85. The molecule has 0 spiro atoms. The molecule has 1 saturated carbocycles. The zero-order valence-electron chi connectivity index (χ0n) is 13.1. The molecular formula is C16H28N2O3. The normalized spacial score (nSPS) is 24.8. The van der Waals surface area contributed by atoms with Crippen LogP contribution in [-0.2, 0) is 4.79 Å². The first-order valence-electron chi connectivity index (χ1n) is 8.29. The van der Waals surface area contributed by atoms with E-state index < -0.39 is 5.97 Å². The fourth-order valence-electron chi connectivity index (χ4n) is 3.57. The van der Waals surface area contributed by atoms with Crippen molar-refractivity contribution in [2.75, 3.05) is 19.6 Å². The van der Waals surface area contributed by atoms with E-state index in [0.717, 1.165) is 51.1 Å². The summed E-state index contributed by atoms with van der Waals surface area (Å²) in [5.41, 5.74) is -0.195. The Hall–Kier alpha value is -1.26. The molecule has 1 saturated heterocycles. The molecule has 2 fully saturated rings. The van der Waals surface area contributed by atoms with Gasteiger partial charge in [0, 0.05) is 19.6 Å². The van der Waals surface area contributed by atoms with E-state index in [-0.39, 0.29) is 17.9 Å². The number of carboxylic acids is 1. The van der Waals surface area contributed by atoms with Gasteiger partial charge in [-0.2, -0.15) is 0 Å². The summed E-state index contributed by atoms with van der Waals surface area (Å²) in [4.78, 5) is 25.1. The lowest BCUT2D eigenvalue weighted by Gasteiger charge is -2.41. The van der Waals surface area contributed by atoms with Crippen molar-refractivity contribution in [1.29, 1.82) is 0 Å². The molecule has 1 atom stereocenters. The Morgan fingerprint density at radius 1 is 1.24 bits per heavy atom. The molecule has 0 aromatic rings. The third-order valence-electron chi connectivity index (χ3n) is 5.27. The molecule has 0 bridgehead atoms. The van der Waals surface area contributed by atoms with E-state index in [1.165, 1.54) is 12.8 Å². The molecule has 2 rings (SSSR count). The summed E-state index contributed by atoms with van der Waals surface area (Å²) >= 11 is 0. The van der Waals surface area contributed by atoms with E-state index in [2.05, 4.69) is 12.2 Å². The Labute approximate surface area is 127 Å². The van der Waals surface area contributed by atoms with Crippen molar-refractivity contribution in [2.45, 2.75) is 58.3 Å². The summed E-state index contributed by atoms with van der Waals surface area (Å²) in [6.07, 6.45) is 7.64. The SMILES string of the molecule is CCC1CCCN(C(=O)NCC2(CC(=O)O)CCC2)CC1. The van der Waals surface area contributed by atoms with Crippen molar-refractivity contribution < 1.29 is 14.7 Å². The van der Waals surface area contributed by atoms with Gasteiger partial charge in [0.05, 0.1) is 6.42 Å². The molecule has 0 aromatic carbocycles. The van der Waals surface area contributed by atoms with Crippen LogP contribution in [0.25, 0.3) is 0 Å². The maximum atomic E-state index is 12.3. The monoisotopic (exact) mass is 296 g/mol. The van der Waals surface area contributed by atoms with Gasteiger partial charge in [0.25, 0.3) is 0 Å². The molecule has 0 aromatic heterocycles. The lowest BCUT2D eigenvalue weighted by atomic mass is 9.66. The Bertz CT molecular complexity index is 380. The average molecular weight is 296 g/mol. The van der Waals surface area contributed by atoms with E-state index in [9.17, 15) is 9.59 Å². The van der Waals surface area contributed by atoms with Crippen LogP contribution in [0.15, 0.2) is 0 Å². The summed E-state index contributed by atoms with van der Waals surface area (Å²) in [7, 11) is 0. The van der Waals surface area contributed by atoms with Gasteiger partial charge in [0.1, 0.15) is 0 Å². The first-order chi connectivity index (χ1) is 10.0. The third kappa shape index (κ3) is 4.35. The minimum Gasteiger partial charge on any atom is -0.481 e. The fourth-order valence-corrected chi connectivity index (χ4v) is 3.57. The smallest absolute Gasteiger partial charge is 0.317 e. The number of carboxylic acid groups (broad SMARTS) is 1. The largest absolute Gasteiger partial charge is 0.481 e. The predicted molar refractivity (Wildman–Crippen MR) is 81.1 cm³/mol. The lowest BCUT2D eigenvalue weighted by Crippen LogP contribution is -2.48. The van der Waals surface area contributed by atoms with Crippen molar-refractivity contribution in [3.63, 3.8) is 0 Å². The maximum Gasteiger partial charge on any atom is 0.317 e. The van der Waals surface area contributed by atoms with Crippen LogP contribution in [0.2, 0.25) is 0 Å². The Morgan fingerprint density at radius 2 is 2.00 bits per heavy atom. The van der Waals surface area contributed by atoms with Crippen molar-refractivity contribution in [3.8, 4) is 0 Å². The van der Waals surface area contributed by atoms with Crippen LogP contribution in [-0.4, -0.2) is 41.6 Å². The number of carbonyl (C=O) groups excluding carboxylic acids is 1. The molecule has 2 N–H and O–H groups in total. The summed E-state index contributed by atoms with van der Waals surface area (Å²) in [5, 5.41) is 12.0. The number of rotatable bonds is 5. The van der Waals surface area contributed by atoms with Gasteiger partial charge in [-0.05, 0) is 43.4 Å². The molecule has 2 aliphatic rings. The Kier molecular flexibility index (Phi) is 5.48. The molecule has 120 valence electrons. The standard InChI is InChI=1S/C16H28N2O3/c1-2-13-5-3-9-18(10-6-13)15(21)17-12-16(7-4-8-16)11-14(19)20/h13H,2-12H2,1H3,(H,17,21)(H,19,20). The number of amides is 2. The second kappa shape index (κ2) is 7.14. The number of likely N-dealkylation sites (tertiary alicyclic amines) is 1. The van der Waals surface area contributed by atoms with E-state index in [1.807, 2.05) is 4.90 Å². The number of hydrogen-bond acceptors (Lipinski definition) is 2. The van der Waals surface area contributed by atoms with Crippen LogP contribution >= 0.6 is 0 Å². The molecule has 1 heterocycles. The van der Waals surface area contributed by atoms with Crippen LogP contribution in [0.4, 0.5) is 4.79 Å². The van der Waals surface area contributed by atoms with Gasteiger partial charge in [0.2, 0.25) is 0 Å². The molecule has 0 radical (unpaired) electrons. The van der Waals surface area contributed by atoms with E-state index in [0.29, 0.717) is 6.54 Å². The number of nitrogens with one attached hydrogen (secondary N) is 1. The van der Waals surface area contributed by atoms with Crippen molar-refractivity contribution >= 4 is 12.0 Å². The first-order valence-corrected chi connectivity index (χ1v) is 8.29. The fraction of sp³-hybridized carbons (Fsp3) is 0.875. The molecular weight excluding hydrogens is 268 g/mol. The molecule has 1 aliphatic carbocycles. The Balaban J connectivity index is 1.79. The summed E-state index contributed by atoms with van der Waals surface area (Å²) in [6, 6.07) is -0.0107. The minimum atomic E-state index is -0.760. The molecule has 5 nitrogen and oxygen atoms in total. The minimum absolute atomic E-state index is 0.0107. The maximum absolute atomic E-state index is 12.3. The van der Waals surface area contributed by atoms with Crippen LogP contribution in [0.1, 0.15) is 58.3 Å². The number of aliphatic carboxylic acids is 1. The average Bonchev–Trinajstić information content (AvgIpc) is 2.66. The van der Waals surface area contributed by atoms with Gasteiger partial charge < -0.3 is 15.3 Å². The molecule has 2 amide bonds. The van der Waals surface area contributed by atoms with Gasteiger partial charge in [-0.15, -0.1) is 0 Å². The Morgan fingerprint density at radius 3 is 2.57 bits per heavy atom. The third-order valence-corrected chi connectivity index (χ3v) is 5.27. The molecule has 21 heavy (non-hydrogen) atoms. The van der Waals surface area contributed by atoms with Gasteiger partial charge >= 0.3 is 12.0 Å². The highest BCUT2D eigenvalue weighted by Gasteiger charge is 2.39. The van der Waals surface area contributed by atoms with Gasteiger partial charge in [-0.1, -0.05) is 19.8 Å². The van der Waals surface area contributed by atoms with Crippen LogP contribution in [0.3, 0.4) is 0 Å². The highest BCUT2D eigenvalue weighted by atomic mass is 16.4. The summed E-state index contributed by atoms with van der Waals surface area (Å²) in [5.74, 6) is -0.0164. The summed E-state index contributed by atoms with van der Waals surface area (Å²) in [6.45, 7) is 4.38. The highest BCUT2D eigenvalue weighted by Crippen LogP contribution is 2.43. The zero-order chi connectivity index (χ0) is 15.3. The number of urea groups is 1. The number of carbonyl (C=O) groups is 2.